The molecular weight excluding hydrogens is 454 g/mol. The number of rotatable bonds is 10. The van der Waals surface area contributed by atoms with Crippen molar-refractivity contribution in [3.63, 3.8) is 0 Å². The summed E-state index contributed by atoms with van der Waals surface area (Å²) in [6.45, 7) is 3.86. The first-order chi connectivity index (χ1) is 16.4. The summed E-state index contributed by atoms with van der Waals surface area (Å²) in [6, 6.07) is 6.39. The number of carbonyl (C=O) groups is 3. The molecule has 2 heterocycles. The Morgan fingerprint density at radius 1 is 1.26 bits per heavy atom. The molecule has 0 radical (unpaired) electrons. The van der Waals surface area contributed by atoms with Gasteiger partial charge in [0.25, 0.3) is 5.91 Å². The fraction of sp³-hybridized carbons (Fsp3) is 0.375. The zero-order valence-corrected chi connectivity index (χ0v) is 20.6. The molecule has 2 amide bonds. The number of esters is 1. The van der Waals surface area contributed by atoms with Gasteiger partial charge in [0, 0.05) is 31.4 Å². The first-order valence-electron chi connectivity index (χ1n) is 10.9. The van der Waals surface area contributed by atoms with Crippen LogP contribution in [0.25, 0.3) is 11.0 Å². The highest BCUT2D eigenvalue weighted by molar-refractivity contribution is 7.98. The molecule has 0 aliphatic carbocycles. The van der Waals surface area contributed by atoms with Crippen molar-refractivity contribution < 1.29 is 19.1 Å². The zero-order chi connectivity index (χ0) is 24.7. The van der Waals surface area contributed by atoms with E-state index in [1.807, 2.05) is 29.9 Å². The SMILES string of the molecule is CCc1nc2cc(NC(C)=O)cc(C(=O)NC(CCSC)C(=O)OC)c2n1Cc1cccnc1. The molecule has 2 N–H and O–H groups in total. The van der Waals surface area contributed by atoms with Crippen LogP contribution in [0.15, 0.2) is 36.7 Å². The lowest BCUT2D eigenvalue weighted by molar-refractivity contribution is -0.142. The molecule has 0 saturated carbocycles. The summed E-state index contributed by atoms with van der Waals surface area (Å²) < 4.78 is 6.87. The number of aromatic nitrogens is 3. The van der Waals surface area contributed by atoms with E-state index in [0.717, 1.165) is 11.4 Å². The smallest absolute Gasteiger partial charge is 0.328 e. The summed E-state index contributed by atoms with van der Waals surface area (Å²) in [4.78, 5) is 46.4. The van der Waals surface area contributed by atoms with Crippen LogP contribution >= 0.6 is 11.8 Å². The second-order valence-corrected chi connectivity index (χ2v) is 8.72. The molecule has 1 atom stereocenters. The highest BCUT2D eigenvalue weighted by Gasteiger charge is 2.25. The molecule has 0 aliphatic rings. The van der Waals surface area contributed by atoms with Gasteiger partial charge in [-0.05, 0) is 42.2 Å². The molecule has 1 aromatic carbocycles. The minimum Gasteiger partial charge on any atom is -0.467 e. The van der Waals surface area contributed by atoms with Crippen LogP contribution in [0.3, 0.4) is 0 Å². The van der Waals surface area contributed by atoms with Crippen LogP contribution in [-0.2, 0) is 27.3 Å². The molecule has 10 heteroatoms. The molecule has 1 unspecified atom stereocenters. The maximum absolute atomic E-state index is 13.5. The highest BCUT2D eigenvalue weighted by Crippen LogP contribution is 2.27. The van der Waals surface area contributed by atoms with Gasteiger partial charge in [-0.1, -0.05) is 13.0 Å². The lowest BCUT2D eigenvalue weighted by Gasteiger charge is -2.18. The standard InChI is InChI=1S/C24H29N5O4S/c1-5-21-27-20-12-17(26-15(2)30)11-18(22(20)29(21)14-16-7-6-9-25-13-16)23(31)28-19(8-10-34-4)24(32)33-3/h6-7,9,11-13,19H,5,8,10,14H2,1-4H3,(H,26,30)(H,28,31). The maximum Gasteiger partial charge on any atom is 0.328 e. The summed E-state index contributed by atoms with van der Waals surface area (Å²) in [6.07, 6.45) is 6.48. The normalized spacial score (nSPS) is 11.8. The summed E-state index contributed by atoms with van der Waals surface area (Å²) >= 11 is 1.58. The summed E-state index contributed by atoms with van der Waals surface area (Å²) in [5, 5.41) is 5.55. The molecule has 0 saturated heterocycles. The topological polar surface area (TPSA) is 115 Å². The van der Waals surface area contributed by atoms with Crippen molar-refractivity contribution in [3.05, 3.63) is 53.6 Å². The van der Waals surface area contributed by atoms with Gasteiger partial charge in [0.15, 0.2) is 0 Å². The van der Waals surface area contributed by atoms with E-state index in [1.165, 1.54) is 14.0 Å². The molecule has 3 rings (SSSR count). The number of hydrogen-bond donors (Lipinski definition) is 2. The average molecular weight is 484 g/mol. The average Bonchev–Trinajstić information content (AvgIpc) is 3.17. The molecule has 34 heavy (non-hydrogen) atoms. The van der Waals surface area contributed by atoms with E-state index in [-0.39, 0.29) is 5.91 Å². The predicted octanol–water partition coefficient (Wildman–Crippen LogP) is 3.02. The van der Waals surface area contributed by atoms with Gasteiger partial charge in [0.1, 0.15) is 11.9 Å². The molecule has 0 spiro atoms. The van der Waals surface area contributed by atoms with Crippen LogP contribution in [0.4, 0.5) is 5.69 Å². The van der Waals surface area contributed by atoms with Gasteiger partial charge in [-0.3, -0.25) is 14.6 Å². The second kappa shape index (κ2) is 11.6. The number of fused-ring (bicyclic) bond motifs is 1. The van der Waals surface area contributed by atoms with Crippen molar-refractivity contribution in [2.75, 3.05) is 24.4 Å². The molecule has 0 bridgehead atoms. The van der Waals surface area contributed by atoms with Crippen molar-refractivity contribution in [2.24, 2.45) is 0 Å². The number of ether oxygens (including phenoxy) is 1. The van der Waals surface area contributed by atoms with Gasteiger partial charge >= 0.3 is 5.97 Å². The fourth-order valence-corrected chi connectivity index (χ4v) is 4.21. The summed E-state index contributed by atoms with van der Waals surface area (Å²) in [5.74, 6) is 0.266. The van der Waals surface area contributed by atoms with Crippen LogP contribution in [0.2, 0.25) is 0 Å². The number of aryl methyl sites for hydroxylation is 1. The lowest BCUT2D eigenvalue weighted by atomic mass is 10.1. The number of methoxy groups -OCH3 is 1. The van der Waals surface area contributed by atoms with Crippen LogP contribution in [0, 0.1) is 0 Å². The van der Waals surface area contributed by atoms with Crippen LogP contribution in [0.1, 0.15) is 42.0 Å². The number of thioether (sulfide) groups is 1. The van der Waals surface area contributed by atoms with Gasteiger partial charge in [-0.25, -0.2) is 9.78 Å². The quantitative estimate of drug-likeness (QED) is 0.426. The number of imidazole rings is 1. The van der Waals surface area contributed by atoms with E-state index >= 15 is 0 Å². The van der Waals surface area contributed by atoms with E-state index in [1.54, 1.807) is 36.3 Å². The number of benzene rings is 1. The molecule has 0 aliphatic heterocycles. The molecular formula is C24H29N5O4S. The maximum atomic E-state index is 13.5. The third-order valence-corrected chi connectivity index (χ3v) is 5.91. The number of pyridine rings is 1. The minimum absolute atomic E-state index is 0.261. The highest BCUT2D eigenvalue weighted by atomic mass is 32.2. The molecule has 180 valence electrons. The van der Waals surface area contributed by atoms with E-state index in [2.05, 4.69) is 15.6 Å². The van der Waals surface area contributed by atoms with E-state index in [9.17, 15) is 14.4 Å². The second-order valence-electron chi connectivity index (χ2n) is 7.73. The third-order valence-electron chi connectivity index (χ3n) is 5.27. The number of anilines is 1. The van der Waals surface area contributed by atoms with Gasteiger partial charge in [0.05, 0.1) is 30.3 Å². The number of carbonyl (C=O) groups excluding carboxylic acids is 3. The Labute approximate surface area is 202 Å². The summed E-state index contributed by atoms with van der Waals surface area (Å²) in [7, 11) is 1.30. The lowest BCUT2D eigenvalue weighted by Crippen LogP contribution is -2.42. The van der Waals surface area contributed by atoms with Crippen molar-refractivity contribution in [2.45, 2.75) is 39.3 Å². The predicted molar refractivity (Wildman–Crippen MR) is 133 cm³/mol. The van der Waals surface area contributed by atoms with Crippen LogP contribution in [0.5, 0.6) is 0 Å². The number of nitrogens with zero attached hydrogens (tertiary/aromatic N) is 3. The zero-order valence-electron chi connectivity index (χ0n) is 19.8. The Hall–Kier alpha value is -3.40. The van der Waals surface area contributed by atoms with Crippen molar-refractivity contribution in [1.82, 2.24) is 19.9 Å². The van der Waals surface area contributed by atoms with Gasteiger partial charge in [-0.15, -0.1) is 0 Å². The summed E-state index contributed by atoms with van der Waals surface area (Å²) in [5.41, 5.74) is 2.94. The van der Waals surface area contributed by atoms with Crippen LogP contribution < -0.4 is 10.6 Å². The van der Waals surface area contributed by atoms with Crippen molar-refractivity contribution in [1.29, 1.82) is 0 Å². The van der Waals surface area contributed by atoms with Crippen molar-refractivity contribution >= 4 is 46.3 Å². The van der Waals surface area contributed by atoms with Crippen LogP contribution in [-0.4, -0.2) is 57.5 Å². The molecule has 9 nitrogen and oxygen atoms in total. The van der Waals surface area contributed by atoms with Gasteiger partial charge in [-0.2, -0.15) is 11.8 Å². The fourth-order valence-electron chi connectivity index (χ4n) is 3.74. The monoisotopic (exact) mass is 483 g/mol. The minimum atomic E-state index is -0.787. The number of nitrogens with one attached hydrogen (secondary N) is 2. The van der Waals surface area contributed by atoms with E-state index in [0.29, 0.717) is 47.4 Å². The Bertz CT molecular complexity index is 1180. The molecule has 2 aromatic heterocycles. The number of amides is 2. The first-order valence-corrected chi connectivity index (χ1v) is 12.3. The van der Waals surface area contributed by atoms with Gasteiger partial charge < -0.3 is 19.9 Å². The molecule has 3 aromatic rings. The van der Waals surface area contributed by atoms with E-state index in [4.69, 9.17) is 9.72 Å². The Morgan fingerprint density at radius 3 is 2.68 bits per heavy atom. The third kappa shape index (κ3) is 5.93. The Kier molecular flexibility index (Phi) is 8.64. The number of hydrogen-bond acceptors (Lipinski definition) is 7. The van der Waals surface area contributed by atoms with Crippen molar-refractivity contribution in [3.8, 4) is 0 Å². The van der Waals surface area contributed by atoms with Gasteiger partial charge in [0.2, 0.25) is 5.91 Å². The first kappa shape index (κ1) is 25.2. The molecule has 0 fully saturated rings. The Balaban J connectivity index is 2.12. The van der Waals surface area contributed by atoms with E-state index < -0.39 is 17.9 Å². The Morgan fingerprint density at radius 2 is 2.06 bits per heavy atom. The largest absolute Gasteiger partial charge is 0.467 e.